The molecule has 16 heavy (non-hydrogen) atoms. The van der Waals surface area contributed by atoms with Gasteiger partial charge in [-0.2, -0.15) is 0 Å². The van der Waals surface area contributed by atoms with E-state index in [2.05, 4.69) is 15.3 Å². The van der Waals surface area contributed by atoms with Gasteiger partial charge < -0.3 is 10.3 Å². The summed E-state index contributed by atoms with van der Waals surface area (Å²) in [6.07, 6.45) is -0.867. The Morgan fingerprint density at radius 3 is 2.94 bits per heavy atom. The minimum absolute atomic E-state index is 0.0279. The van der Waals surface area contributed by atoms with E-state index in [4.69, 9.17) is 0 Å². The van der Waals surface area contributed by atoms with E-state index >= 15 is 0 Å². The number of nitrogens with one attached hydrogen (secondary N) is 2. The van der Waals surface area contributed by atoms with Gasteiger partial charge in [0.15, 0.2) is 0 Å². The van der Waals surface area contributed by atoms with Crippen LogP contribution in [0.3, 0.4) is 0 Å². The maximum absolute atomic E-state index is 12.5. The molecule has 6 heteroatoms. The van der Waals surface area contributed by atoms with Crippen LogP contribution in [0.2, 0.25) is 0 Å². The van der Waals surface area contributed by atoms with Crippen LogP contribution < -0.4 is 10.9 Å². The largest absolute Gasteiger partial charge is 0.316 e. The molecule has 1 atom stereocenters. The fraction of sp³-hybridized carbons (Fsp3) is 0.600. The third-order valence-electron chi connectivity index (χ3n) is 2.69. The summed E-state index contributed by atoms with van der Waals surface area (Å²) in [5.41, 5.74) is -0.949. The fourth-order valence-corrected chi connectivity index (χ4v) is 1.89. The molecule has 0 radical (unpaired) electrons. The average Bonchev–Trinajstić information content (AvgIpc) is 2.29. The Balaban J connectivity index is 2.29. The second-order valence-corrected chi connectivity index (χ2v) is 3.90. The first kappa shape index (κ1) is 11.2. The van der Waals surface area contributed by atoms with Crippen molar-refractivity contribution >= 4 is 0 Å². The van der Waals surface area contributed by atoms with Gasteiger partial charge in [0.2, 0.25) is 0 Å². The summed E-state index contributed by atoms with van der Waals surface area (Å²) in [7, 11) is 0. The summed E-state index contributed by atoms with van der Waals surface area (Å²) in [5.74, 6) is 0.398. The average molecular weight is 229 g/mol. The lowest BCUT2D eigenvalue weighted by molar-refractivity contribution is 0.145. The molecular formula is C10H13F2N3O. The standard InChI is InChI=1S/C10H13F2N3O/c11-9(12)7-4-8(16)15-10(14-7)6-2-1-3-13-5-6/h4,6,9,13H,1-3,5H2,(H,14,15,16). The van der Waals surface area contributed by atoms with Crippen LogP contribution in [0.15, 0.2) is 10.9 Å². The Morgan fingerprint density at radius 2 is 2.31 bits per heavy atom. The van der Waals surface area contributed by atoms with Gasteiger partial charge in [-0.05, 0) is 19.4 Å². The van der Waals surface area contributed by atoms with Gasteiger partial charge in [0.25, 0.3) is 12.0 Å². The second-order valence-electron chi connectivity index (χ2n) is 3.90. The van der Waals surface area contributed by atoms with Crippen molar-refractivity contribution in [3.8, 4) is 0 Å². The Hall–Kier alpha value is -1.30. The lowest BCUT2D eigenvalue weighted by Gasteiger charge is -2.21. The highest BCUT2D eigenvalue weighted by molar-refractivity contribution is 5.08. The molecule has 1 aliphatic heterocycles. The van der Waals surface area contributed by atoms with Gasteiger partial charge in [-0.3, -0.25) is 4.79 Å². The van der Waals surface area contributed by atoms with E-state index in [-0.39, 0.29) is 5.92 Å². The Labute approximate surface area is 91.1 Å². The number of hydrogen-bond donors (Lipinski definition) is 2. The number of rotatable bonds is 2. The number of hydrogen-bond acceptors (Lipinski definition) is 3. The first-order valence-corrected chi connectivity index (χ1v) is 5.27. The first-order chi connectivity index (χ1) is 7.66. The van der Waals surface area contributed by atoms with Crippen LogP contribution in [0.25, 0.3) is 0 Å². The Bertz CT molecular complexity index is 413. The normalized spacial score (nSPS) is 21.3. The zero-order valence-corrected chi connectivity index (χ0v) is 8.67. The molecule has 2 heterocycles. The molecule has 0 aliphatic carbocycles. The van der Waals surface area contributed by atoms with Crippen molar-refractivity contribution in [2.75, 3.05) is 13.1 Å². The van der Waals surface area contributed by atoms with Crippen molar-refractivity contribution in [1.82, 2.24) is 15.3 Å². The first-order valence-electron chi connectivity index (χ1n) is 5.27. The Kier molecular flexibility index (Phi) is 3.28. The van der Waals surface area contributed by atoms with Gasteiger partial charge in [-0.15, -0.1) is 0 Å². The smallest absolute Gasteiger partial charge is 0.280 e. The third-order valence-corrected chi connectivity index (χ3v) is 2.69. The summed E-state index contributed by atoms with van der Waals surface area (Å²) >= 11 is 0. The van der Waals surface area contributed by atoms with Crippen LogP contribution in [0.1, 0.15) is 36.7 Å². The number of piperidine rings is 1. The van der Waals surface area contributed by atoms with Gasteiger partial charge in [0.1, 0.15) is 11.5 Å². The van der Waals surface area contributed by atoms with Gasteiger partial charge >= 0.3 is 0 Å². The predicted molar refractivity (Wildman–Crippen MR) is 54.7 cm³/mol. The molecule has 88 valence electrons. The zero-order valence-electron chi connectivity index (χ0n) is 8.67. The lowest BCUT2D eigenvalue weighted by atomic mass is 9.99. The zero-order chi connectivity index (χ0) is 11.5. The molecule has 1 fully saturated rings. The molecule has 2 rings (SSSR count). The number of aromatic amines is 1. The van der Waals surface area contributed by atoms with Crippen LogP contribution in [0, 0.1) is 0 Å². The van der Waals surface area contributed by atoms with Crippen LogP contribution in [0.5, 0.6) is 0 Å². The highest BCUT2D eigenvalue weighted by atomic mass is 19.3. The molecule has 0 amide bonds. The highest BCUT2D eigenvalue weighted by Crippen LogP contribution is 2.21. The molecule has 1 aromatic heterocycles. The van der Waals surface area contributed by atoms with Crippen LogP contribution in [-0.2, 0) is 0 Å². The van der Waals surface area contributed by atoms with E-state index in [1.807, 2.05) is 0 Å². The predicted octanol–water partition coefficient (Wildman–Crippen LogP) is 1.17. The molecule has 1 aromatic rings. The van der Waals surface area contributed by atoms with Crippen molar-refractivity contribution in [3.05, 3.63) is 27.9 Å². The number of H-pyrrole nitrogens is 1. The summed E-state index contributed by atoms with van der Waals surface area (Å²) in [6, 6.07) is 0.852. The van der Waals surface area contributed by atoms with E-state index in [1.54, 1.807) is 0 Å². The van der Waals surface area contributed by atoms with E-state index < -0.39 is 17.7 Å². The third kappa shape index (κ3) is 2.44. The fourth-order valence-electron chi connectivity index (χ4n) is 1.89. The van der Waals surface area contributed by atoms with E-state index in [0.717, 1.165) is 25.5 Å². The molecule has 4 nitrogen and oxygen atoms in total. The molecule has 0 bridgehead atoms. The minimum atomic E-state index is -2.70. The van der Waals surface area contributed by atoms with Gasteiger partial charge in [0.05, 0.1) is 0 Å². The van der Waals surface area contributed by atoms with Crippen LogP contribution in [0.4, 0.5) is 8.78 Å². The monoisotopic (exact) mass is 229 g/mol. The summed E-state index contributed by atoms with van der Waals surface area (Å²) in [5, 5.41) is 3.15. The molecule has 1 unspecified atom stereocenters. The number of alkyl halides is 2. The van der Waals surface area contributed by atoms with Gasteiger partial charge in [-0.1, -0.05) is 0 Å². The van der Waals surface area contributed by atoms with E-state index in [0.29, 0.717) is 12.4 Å². The van der Waals surface area contributed by atoms with Crippen molar-refractivity contribution in [3.63, 3.8) is 0 Å². The number of nitrogens with zero attached hydrogens (tertiary/aromatic N) is 1. The molecule has 0 aromatic carbocycles. The minimum Gasteiger partial charge on any atom is -0.316 e. The topological polar surface area (TPSA) is 57.8 Å². The van der Waals surface area contributed by atoms with Crippen molar-refractivity contribution in [2.24, 2.45) is 0 Å². The number of aromatic nitrogens is 2. The Morgan fingerprint density at radius 1 is 1.50 bits per heavy atom. The van der Waals surface area contributed by atoms with Gasteiger partial charge in [-0.25, -0.2) is 13.8 Å². The summed E-state index contributed by atoms with van der Waals surface area (Å²) < 4.78 is 24.9. The lowest BCUT2D eigenvalue weighted by Crippen LogP contribution is -2.30. The van der Waals surface area contributed by atoms with E-state index in [1.165, 1.54) is 0 Å². The van der Waals surface area contributed by atoms with Crippen molar-refractivity contribution in [1.29, 1.82) is 0 Å². The maximum Gasteiger partial charge on any atom is 0.280 e. The van der Waals surface area contributed by atoms with Crippen molar-refractivity contribution in [2.45, 2.75) is 25.2 Å². The molecule has 1 saturated heterocycles. The second kappa shape index (κ2) is 4.69. The van der Waals surface area contributed by atoms with Crippen LogP contribution in [-0.4, -0.2) is 23.1 Å². The summed E-state index contributed by atoms with van der Waals surface area (Å²) in [4.78, 5) is 17.6. The quantitative estimate of drug-likeness (QED) is 0.800. The SMILES string of the molecule is O=c1cc(C(F)F)nc(C2CCCNC2)[nH]1. The molecule has 1 aliphatic rings. The molecule has 2 N–H and O–H groups in total. The van der Waals surface area contributed by atoms with E-state index in [9.17, 15) is 13.6 Å². The van der Waals surface area contributed by atoms with Gasteiger partial charge in [0, 0.05) is 18.5 Å². The summed E-state index contributed by atoms with van der Waals surface area (Å²) in [6.45, 7) is 1.60. The van der Waals surface area contributed by atoms with Crippen molar-refractivity contribution < 1.29 is 8.78 Å². The molecule has 0 spiro atoms. The molecule has 0 saturated carbocycles. The van der Waals surface area contributed by atoms with Crippen LogP contribution >= 0.6 is 0 Å². The highest BCUT2D eigenvalue weighted by Gasteiger charge is 2.19. The number of halogens is 2. The maximum atomic E-state index is 12.5. The molecular weight excluding hydrogens is 216 g/mol.